The number of carboxylic acids is 1. The second-order valence-corrected chi connectivity index (χ2v) is 2.46. The molecule has 1 aromatic rings. The van der Waals surface area contributed by atoms with Crippen molar-refractivity contribution in [3.8, 4) is 0 Å². The van der Waals surface area contributed by atoms with Crippen molar-refractivity contribution in [2.45, 2.75) is 13.8 Å². The summed E-state index contributed by atoms with van der Waals surface area (Å²) >= 11 is 0. The average molecular weight is 168 g/mol. The molecule has 64 valence electrons. The van der Waals surface area contributed by atoms with Gasteiger partial charge in [0, 0.05) is 11.6 Å². The highest BCUT2D eigenvalue weighted by molar-refractivity contribution is 5.84. The largest absolute Gasteiger partial charge is 0.475 e. The highest BCUT2D eigenvalue weighted by Crippen LogP contribution is 2.04. The summed E-state index contributed by atoms with van der Waals surface area (Å²) < 4.78 is 4.85. The maximum Gasteiger partial charge on any atom is 0.371 e. The molecule has 1 aromatic heterocycles. The summed E-state index contributed by atoms with van der Waals surface area (Å²) in [7, 11) is 0. The van der Waals surface area contributed by atoms with E-state index in [1.807, 2.05) is 0 Å². The van der Waals surface area contributed by atoms with E-state index in [9.17, 15) is 9.59 Å². The van der Waals surface area contributed by atoms with Crippen molar-refractivity contribution < 1.29 is 14.3 Å². The summed E-state index contributed by atoms with van der Waals surface area (Å²) in [5.74, 6) is -1.20. The molecule has 1 N–H and O–H groups in total. The fraction of sp³-hybridized carbons (Fsp3) is 0.250. The molecule has 0 radical (unpaired) electrons. The molecule has 0 bridgehead atoms. The van der Waals surface area contributed by atoms with E-state index in [2.05, 4.69) is 0 Å². The lowest BCUT2D eigenvalue weighted by molar-refractivity contribution is 0.0657. The number of carbonyl (C=O) groups is 1. The topological polar surface area (TPSA) is 67.5 Å². The van der Waals surface area contributed by atoms with Gasteiger partial charge in [-0.3, -0.25) is 4.79 Å². The Labute approximate surface area is 68.4 Å². The predicted molar refractivity (Wildman–Crippen MR) is 41.4 cm³/mol. The first-order valence-electron chi connectivity index (χ1n) is 3.37. The van der Waals surface area contributed by atoms with Crippen molar-refractivity contribution in [3.05, 3.63) is 33.4 Å². The Morgan fingerprint density at radius 3 is 2.50 bits per heavy atom. The third-order valence-electron chi connectivity index (χ3n) is 1.63. The zero-order chi connectivity index (χ0) is 9.30. The molecule has 0 spiro atoms. The third kappa shape index (κ3) is 1.37. The Morgan fingerprint density at radius 1 is 1.50 bits per heavy atom. The van der Waals surface area contributed by atoms with E-state index in [-0.39, 0.29) is 11.2 Å². The number of aryl methyl sites for hydroxylation is 1. The number of carboxylic acid groups (broad SMARTS) is 1. The summed E-state index contributed by atoms with van der Waals surface area (Å²) in [4.78, 5) is 21.4. The van der Waals surface area contributed by atoms with Crippen LogP contribution in [0, 0.1) is 13.8 Å². The van der Waals surface area contributed by atoms with Crippen LogP contribution in [-0.2, 0) is 0 Å². The van der Waals surface area contributed by atoms with Gasteiger partial charge in [-0.15, -0.1) is 0 Å². The van der Waals surface area contributed by atoms with Crippen molar-refractivity contribution in [3.63, 3.8) is 0 Å². The van der Waals surface area contributed by atoms with Crippen LogP contribution in [0.2, 0.25) is 0 Å². The van der Waals surface area contributed by atoms with Crippen LogP contribution in [0.3, 0.4) is 0 Å². The van der Waals surface area contributed by atoms with E-state index in [1.54, 1.807) is 13.8 Å². The molecule has 0 fully saturated rings. The molecular formula is C8H8O4. The number of hydrogen-bond donors (Lipinski definition) is 1. The molecule has 0 amide bonds. The molecule has 4 nitrogen and oxygen atoms in total. The number of aromatic carboxylic acids is 1. The van der Waals surface area contributed by atoms with E-state index in [4.69, 9.17) is 9.52 Å². The summed E-state index contributed by atoms with van der Waals surface area (Å²) in [6.07, 6.45) is 0. The quantitative estimate of drug-likeness (QED) is 0.678. The standard InChI is InChI=1S/C8H8O4/c1-4-5(2)12-7(8(10)11)3-6(4)9/h3H,1-2H3,(H,10,11). The third-order valence-corrected chi connectivity index (χ3v) is 1.63. The fourth-order valence-electron chi connectivity index (χ4n) is 0.777. The Bertz CT molecular complexity index is 375. The Hall–Kier alpha value is -1.58. The second kappa shape index (κ2) is 2.81. The minimum absolute atomic E-state index is 0.309. The van der Waals surface area contributed by atoms with Crippen molar-refractivity contribution >= 4 is 5.97 Å². The molecule has 0 saturated heterocycles. The molecule has 4 heteroatoms. The SMILES string of the molecule is Cc1oc(C(=O)O)cc(=O)c1C. The van der Waals surface area contributed by atoms with Crippen LogP contribution in [0.15, 0.2) is 15.3 Å². The van der Waals surface area contributed by atoms with Gasteiger partial charge in [0.25, 0.3) is 0 Å². The fourth-order valence-corrected chi connectivity index (χ4v) is 0.777. The molecule has 0 unspecified atom stereocenters. The lowest BCUT2D eigenvalue weighted by atomic mass is 10.2. The molecular weight excluding hydrogens is 160 g/mol. The Balaban J connectivity index is 3.41. The molecule has 0 aliphatic rings. The van der Waals surface area contributed by atoms with Gasteiger partial charge >= 0.3 is 5.97 Å². The zero-order valence-corrected chi connectivity index (χ0v) is 6.75. The first-order valence-corrected chi connectivity index (χ1v) is 3.37. The van der Waals surface area contributed by atoms with Crippen molar-refractivity contribution in [1.82, 2.24) is 0 Å². The maximum absolute atomic E-state index is 11.0. The zero-order valence-electron chi connectivity index (χ0n) is 6.75. The van der Waals surface area contributed by atoms with Crippen LogP contribution in [0.25, 0.3) is 0 Å². The first-order chi connectivity index (χ1) is 5.52. The van der Waals surface area contributed by atoms with Crippen LogP contribution >= 0.6 is 0 Å². The Morgan fingerprint density at radius 2 is 2.08 bits per heavy atom. The minimum atomic E-state index is -1.23. The van der Waals surface area contributed by atoms with Crippen molar-refractivity contribution in [2.24, 2.45) is 0 Å². The van der Waals surface area contributed by atoms with Crippen LogP contribution in [-0.4, -0.2) is 11.1 Å². The minimum Gasteiger partial charge on any atom is -0.475 e. The summed E-state index contributed by atoms with van der Waals surface area (Å²) in [5.41, 5.74) is 0.135. The molecule has 12 heavy (non-hydrogen) atoms. The predicted octanol–water partition coefficient (Wildman–Crippen LogP) is 0.955. The van der Waals surface area contributed by atoms with E-state index < -0.39 is 5.97 Å². The highest BCUT2D eigenvalue weighted by atomic mass is 16.4. The van der Waals surface area contributed by atoms with Gasteiger partial charge in [-0.05, 0) is 13.8 Å². The van der Waals surface area contributed by atoms with Gasteiger partial charge in [-0.25, -0.2) is 4.79 Å². The summed E-state index contributed by atoms with van der Waals surface area (Å²) in [6.45, 7) is 3.15. The smallest absolute Gasteiger partial charge is 0.371 e. The molecule has 1 rings (SSSR count). The van der Waals surface area contributed by atoms with Gasteiger partial charge < -0.3 is 9.52 Å². The Kier molecular flexibility index (Phi) is 1.99. The average Bonchev–Trinajstić information content (AvgIpc) is 1.99. The van der Waals surface area contributed by atoms with E-state index >= 15 is 0 Å². The second-order valence-electron chi connectivity index (χ2n) is 2.46. The monoisotopic (exact) mass is 168 g/mol. The van der Waals surface area contributed by atoms with Crippen LogP contribution in [0.1, 0.15) is 21.9 Å². The molecule has 0 aliphatic carbocycles. The molecule has 0 aromatic carbocycles. The highest BCUT2D eigenvalue weighted by Gasteiger charge is 2.09. The van der Waals surface area contributed by atoms with Gasteiger partial charge in [0.2, 0.25) is 5.76 Å². The van der Waals surface area contributed by atoms with E-state index in [1.165, 1.54) is 0 Å². The normalized spacial score (nSPS) is 9.83. The number of rotatable bonds is 1. The van der Waals surface area contributed by atoms with Gasteiger partial charge in [0.15, 0.2) is 5.43 Å². The summed E-state index contributed by atoms with van der Waals surface area (Å²) in [6, 6.07) is 0.977. The van der Waals surface area contributed by atoms with Crippen molar-refractivity contribution in [1.29, 1.82) is 0 Å². The first kappa shape index (κ1) is 8.52. The molecule has 0 atom stereocenters. The van der Waals surface area contributed by atoms with E-state index in [0.29, 0.717) is 11.3 Å². The van der Waals surface area contributed by atoms with Crippen molar-refractivity contribution in [2.75, 3.05) is 0 Å². The molecule has 1 heterocycles. The lowest BCUT2D eigenvalue weighted by Crippen LogP contribution is -2.10. The lowest BCUT2D eigenvalue weighted by Gasteiger charge is -1.98. The van der Waals surface area contributed by atoms with Gasteiger partial charge in [0.1, 0.15) is 5.76 Å². The van der Waals surface area contributed by atoms with Gasteiger partial charge in [0.05, 0.1) is 0 Å². The van der Waals surface area contributed by atoms with Crippen LogP contribution < -0.4 is 5.43 Å². The van der Waals surface area contributed by atoms with Crippen LogP contribution in [0.4, 0.5) is 0 Å². The van der Waals surface area contributed by atoms with Gasteiger partial charge in [-0.2, -0.15) is 0 Å². The maximum atomic E-state index is 11.0. The van der Waals surface area contributed by atoms with E-state index in [0.717, 1.165) is 6.07 Å². The van der Waals surface area contributed by atoms with Gasteiger partial charge in [-0.1, -0.05) is 0 Å². The summed E-state index contributed by atoms with van der Waals surface area (Å²) in [5, 5.41) is 8.49. The number of hydrogen-bond acceptors (Lipinski definition) is 3. The molecule has 0 saturated carbocycles. The molecule has 0 aliphatic heterocycles. The van der Waals surface area contributed by atoms with Crippen LogP contribution in [0.5, 0.6) is 0 Å².